The molecule has 160 valence electrons. The highest BCUT2D eigenvalue weighted by molar-refractivity contribution is 5.94. The van der Waals surface area contributed by atoms with E-state index >= 15 is 0 Å². The Hall–Kier alpha value is -2.33. The molecule has 0 bridgehead atoms. The van der Waals surface area contributed by atoms with Gasteiger partial charge in [0.1, 0.15) is 5.75 Å². The van der Waals surface area contributed by atoms with Gasteiger partial charge in [-0.1, -0.05) is 37.3 Å². The van der Waals surface area contributed by atoms with Gasteiger partial charge in [0.2, 0.25) is 0 Å². The Labute approximate surface area is 180 Å². The average molecular weight is 407 g/mol. The summed E-state index contributed by atoms with van der Waals surface area (Å²) in [7, 11) is 1.64. The lowest BCUT2D eigenvalue weighted by Crippen LogP contribution is -2.44. The molecule has 1 fully saturated rings. The lowest BCUT2D eigenvalue weighted by Gasteiger charge is -2.37. The van der Waals surface area contributed by atoms with E-state index in [9.17, 15) is 4.79 Å². The van der Waals surface area contributed by atoms with Gasteiger partial charge >= 0.3 is 0 Å². The number of piperidine rings is 1. The summed E-state index contributed by atoms with van der Waals surface area (Å²) in [5.41, 5.74) is 3.79. The van der Waals surface area contributed by atoms with Gasteiger partial charge in [-0.3, -0.25) is 9.69 Å². The van der Waals surface area contributed by atoms with E-state index in [1.807, 2.05) is 29.2 Å². The molecule has 4 rings (SSSR count). The number of methoxy groups -OCH3 is 1. The number of hydrogen-bond donors (Lipinski definition) is 0. The fourth-order valence-electron chi connectivity index (χ4n) is 5.09. The molecule has 0 aromatic heterocycles. The van der Waals surface area contributed by atoms with E-state index in [1.165, 1.54) is 36.9 Å². The first kappa shape index (κ1) is 20.9. The maximum atomic E-state index is 12.9. The highest BCUT2D eigenvalue weighted by atomic mass is 16.5. The number of likely N-dealkylation sites (tertiary alicyclic amines) is 1. The van der Waals surface area contributed by atoms with Crippen LogP contribution in [0.25, 0.3) is 0 Å². The molecular formula is C26H34N2O2. The molecule has 2 aromatic carbocycles. The molecule has 0 spiro atoms. The van der Waals surface area contributed by atoms with Crippen LogP contribution in [0, 0.1) is 5.92 Å². The van der Waals surface area contributed by atoms with Crippen LogP contribution in [0.4, 0.5) is 0 Å². The van der Waals surface area contributed by atoms with Crippen LogP contribution in [0.3, 0.4) is 0 Å². The number of carbonyl (C=O) groups is 1. The Balaban J connectivity index is 1.32. The van der Waals surface area contributed by atoms with Crippen molar-refractivity contribution in [2.75, 3.05) is 33.3 Å². The van der Waals surface area contributed by atoms with Crippen LogP contribution in [0.5, 0.6) is 5.75 Å². The van der Waals surface area contributed by atoms with E-state index in [2.05, 4.69) is 36.1 Å². The SMILES string of the molecule is CCCN(CC1CCN(C(=O)c2cccc(OC)c2)CC1)C1Cc2ccccc2C1. The fraction of sp³-hybridized carbons (Fsp3) is 0.500. The van der Waals surface area contributed by atoms with Crippen molar-refractivity contribution in [2.45, 2.75) is 45.1 Å². The lowest BCUT2D eigenvalue weighted by atomic mass is 9.94. The zero-order valence-electron chi connectivity index (χ0n) is 18.3. The van der Waals surface area contributed by atoms with Crippen LogP contribution in [-0.2, 0) is 12.8 Å². The molecule has 30 heavy (non-hydrogen) atoms. The summed E-state index contributed by atoms with van der Waals surface area (Å²) in [6, 6.07) is 17.1. The van der Waals surface area contributed by atoms with Crippen molar-refractivity contribution in [3.8, 4) is 5.75 Å². The van der Waals surface area contributed by atoms with Crippen LogP contribution in [0.1, 0.15) is 47.7 Å². The number of rotatable bonds is 7. The molecule has 1 amide bonds. The maximum Gasteiger partial charge on any atom is 0.253 e. The van der Waals surface area contributed by atoms with Gasteiger partial charge in [0.25, 0.3) is 5.91 Å². The Kier molecular flexibility index (Phi) is 6.73. The van der Waals surface area contributed by atoms with Crippen molar-refractivity contribution in [3.63, 3.8) is 0 Å². The molecule has 0 saturated carbocycles. The van der Waals surface area contributed by atoms with Crippen LogP contribution in [0.15, 0.2) is 48.5 Å². The molecule has 2 aromatic rings. The molecule has 0 atom stereocenters. The Morgan fingerprint density at radius 1 is 1.07 bits per heavy atom. The molecule has 0 N–H and O–H groups in total. The van der Waals surface area contributed by atoms with Gasteiger partial charge in [-0.15, -0.1) is 0 Å². The van der Waals surface area contributed by atoms with Gasteiger partial charge in [-0.05, 0) is 73.9 Å². The van der Waals surface area contributed by atoms with E-state index in [4.69, 9.17) is 4.74 Å². The molecule has 4 nitrogen and oxygen atoms in total. The number of carbonyl (C=O) groups excluding carboxylic acids is 1. The molecule has 1 saturated heterocycles. The standard InChI is InChI=1S/C26H34N2O2/c1-3-13-28(24-16-21-7-4-5-8-22(21)17-24)19-20-11-14-27(15-12-20)26(29)23-9-6-10-25(18-23)30-2/h4-10,18,20,24H,3,11-17,19H2,1-2H3. The topological polar surface area (TPSA) is 32.8 Å². The van der Waals surface area contributed by atoms with Gasteiger partial charge in [-0.2, -0.15) is 0 Å². The minimum atomic E-state index is 0.129. The van der Waals surface area contributed by atoms with Gasteiger partial charge in [0.05, 0.1) is 7.11 Å². The normalized spacial score (nSPS) is 17.4. The Morgan fingerprint density at radius 3 is 2.40 bits per heavy atom. The first-order chi connectivity index (χ1) is 14.7. The van der Waals surface area contributed by atoms with E-state index in [0.29, 0.717) is 12.0 Å². The van der Waals surface area contributed by atoms with Gasteiger partial charge in [-0.25, -0.2) is 0 Å². The molecule has 0 radical (unpaired) electrons. The third-order valence-electron chi connectivity index (χ3n) is 6.77. The predicted molar refractivity (Wildman–Crippen MR) is 121 cm³/mol. The summed E-state index contributed by atoms with van der Waals surface area (Å²) in [6.07, 6.45) is 5.75. The minimum absolute atomic E-state index is 0.129. The second kappa shape index (κ2) is 9.65. The zero-order valence-corrected chi connectivity index (χ0v) is 18.3. The highest BCUT2D eigenvalue weighted by Gasteiger charge is 2.30. The molecule has 1 aliphatic heterocycles. The van der Waals surface area contributed by atoms with E-state index in [1.54, 1.807) is 7.11 Å². The van der Waals surface area contributed by atoms with E-state index < -0.39 is 0 Å². The molecule has 1 heterocycles. The number of fused-ring (bicyclic) bond motifs is 1. The lowest BCUT2D eigenvalue weighted by molar-refractivity contribution is 0.0649. The molecule has 4 heteroatoms. The summed E-state index contributed by atoms with van der Waals surface area (Å²) in [5, 5.41) is 0. The number of hydrogen-bond acceptors (Lipinski definition) is 3. The summed E-state index contributed by atoms with van der Waals surface area (Å²) < 4.78 is 5.27. The molecule has 1 aliphatic carbocycles. The second-order valence-corrected chi connectivity index (χ2v) is 8.79. The van der Waals surface area contributed by atoms with Crippen molar-refractivity contribution in [1.82, 2.24) is 9.80 Å². The predicted octanol–water partition coefficient (Wildman–Crippen LogP) is 4.43. The summed E-state index contributed by atoms with van der Waals surface area (Å²) >= 11 is 0. The summed E-state index contributed by atoms with van der Waals surface area (Å²) in [6.45, 7) is 6.32. The number of nitrogens with zero attached hydrogens (tertiary/aromatic N) is 2. The molecule has 0 unspecified atom stereocenters. The van der Waals surface area contributed by atoms with Crippen LogP contribution in [0.2, 0.25) is 0 Å². The van der Waals surface area contributed by atoms with Crippen molar-refractivity contribution >= 4 is 5.91 Å². The molecular weight excluding hydrogens is 372 g/mol. The average Bonchev–Trinajstić information content (AvgIpc) is 3.23. The van der Waals surface area contributed by atoms with Crippen molar-refractivity contribution in [3.05, 3.63) is 65.2 Å². The number of ether oxygens (including phenoxy) is 1. The van der Waals surface area contributed by atoms with Gasteiger partial charge < -0.3 is 9.64 Å². The van der Waals surface area contributed by atoms with Gasteiger partial charge in [0.15, 0.2) is 0 Å². The fourth-order valence-corrected chi connectivity index (χ4v) is 5.09. The largest absolute Gasteiger partial charge is 0.497 e. The number of benzene rings is 2. The minimum Gasteiger partial charge on any atom is -0.497 e. The molecule has 2 aliphatic rings. The maximum absolute atomic E-state index is 12.9. The Morgan fingerprint density at radius 2 is 1.77 bits per heavy atom. The second-order valence-electron chi connectivity index (χ2n) is 8.79. The van der Waals surface area contributed by atoms with E-state index in [-0.39, 0.29) is 5.91 Å². The zero-order chi connectivity index (χ0) is 20.9. The quantitative estimate of drug-likeness (QED) is 0.682. The van der Waals surface area contributed by atoms with Crippen LogP contribution < -0.4 is 4.74 Å². The third-order valence-corrected chi connectivity index (χ3v) is 6.77. The third kappa shape index (κ3) is 4.70. The van der Waals surface area contributed by atoms with Crippen LogP contribution >= 0.6 is 0 Å². The van der Waals surface area contributed by atoms with Crippen molar-refractivity contribution in [1.29, 1.82) is 0 Å². The monoisotopic (exact) mass is 406 g/mol. The summed E-state index contributed by atoms with van der Waals surface area (Å²) in [5.74, 6) is 1.54. The van der Waals surface area contributed by atoms with Gasteiger partial charge in [0, 0.05) is 31.2 Å². The Bertz CT molecular complexity index is 833. The van der Waals surface area contributed by atoms with E-state index in [0.717, 1.165) is 43.8 Å². The van der Waals surface area contributed by atoms with Crippen molar-refractivity contribution in [2.24, 2.45) is 5.92 Å². The summed E-state index contributed by atoms with van der Waals surface area (Å²) in [4.78, 5) is 17.6. The first-order valence-corrected chi connectivity index (χ1v) is 11.4. The smallest absolute Gasteiger partial charge is 0.253 e. The first-order valence-electron chi connectivity index (χ1n) is 11.4. The highest BCUT2D eigenvalue weighted by Crippen LogP contribution is 2.28. The van der Waals surface area contributed by atoms with Crippen molar-refractivity contribution < 1.29 is 9.53 Å². The number of amides is 1. The van der Waals surface area contributed by atoms with Crippen LogP contribution in [-0.4, -0.2) is 55.0 Å².